The van der Waals surface area contributed by atoms with Crippen molar-refractivity contribution >= 4 is 29.1 Å². The molecule has 1 saturated heterocycles. The van der Waals surface area contributed by atoms with Gasteiger partial charge in [0.2, 0.25) is 11.8 Å². The number of amides is 3. The van der Waals surface area contributed by atoms with Crippen LogP contribution in [0.5, 0.6) is 5.75 Å². The maximum absolute atomic E-state index is 13.4. The van der Waals surface area contributed by atoms with Crippen molar-refractivity contribution in [2.75, 3.05) is 24.3 Å². The van der Waals surface area contributed by atoms with Crippen LogP contribution in [0.2, 0.25) is 0 Å². The Kier molecular flexibility index (Phi) is 6.81. The second-order valence-corrected chi connectivity index (χ2v) is 8.78. The topological polar surface area (TPSA) is 87.7 Å². The molecular formula is C24H28FN3O4. The zero-order valence-electron chi connectivity index (χ0n) is 18.7. The number of rotatable bonds is 5. The Labute approximate surface area is 186 Å². The molecule has 7 nitrogen and oxygen atoms in total. The molecular weight excluding hydrogens is 413 g/mol. The van der Waals surface area contributed by atoms with Crippen LogP contribution in [0.15, 0.2) is 42.5 Å². The summed E-state index contributed by atoms with van der Waals surface area (Å²) in [5.74, 6) is -0.987. The molecule has 0 aromatic heterocycles. The van der Waals surface area contributed by atoms with Gasteiger partial charge in [0, 0.05) is 23.2 Å². The van der Waals surface area contributed by atoms with E-state index in [4.69, 9.17) is 4.74 Å². The summed E-state index contributed by atoms with van der Waals surface area (Å²) in [6.45, 7) is 6.05. The Balaban J connectivity index is 1.77. The molecule has 1 atom stereocenters. The smallest absolute Gasteiger partial charge is 0.255 e. The fourth-order valence-electron chi connectivity index (χ4n) is 3.65. The van der Waals surface area contributed by atoms with Crippen LogP contribution in [-0.4, -0.2) is 42.3 Å². The second kappa shape index (κ2) is 9.38. The number of halogens is 1. The van der Waals surface area contributed by atoms with Gasteiger partial charge in [-0.15, -0.1) is 0 Å². The first kappa shape index (κ1) is 23.2. The molecule has 1 heterocycles. The maximum Gasteiger partial charge on any atom is 0.255 e. The van der Waals surface area contributed by atoms with Gasteiger partial charge in [-0.2, -0.15) is 0 Å². The number of nitrogens with one attached hydrogen (secondary N) is 2. The number of anilines is 2. The van der Waals surface area contributed by atoms with E-state index in [1.807, 2.05) is 20.8 Å². The van der Waals surface area contributed by atoms with Gasteiger partial charge in [-0.05, 0) is 49.2 Å². The number of methoxy groups -OCH3 is 1. The van der Waals surface area contributed by atoms with Crippen LogP contribution >= 0.6 is 0 Å². The zero-order valence-corrected chi connectivity index (χ0v) is 18.7. The fraction of sp³-hybridized carbons (Fsp3) is 0.375. The highest BCUT2D eigenvalue weighted by Gasteiger charge is 2.38. The number of carbonyl (C=O) groups is 3. The number of benzene rings is 2. The standard InChI is InChI=1S/C24H28FN3O4/c1-24(2,3)23(31)28-12-6-9-19(28)22(30)26-17-10-11-20(32-4)18(14-17)27-21(29)15-7-5-8-16(25)13-15/h5,7-8,10-11,13-14,19H,6,9,12H2,1-4H3,(H,26,30)(H,27,29). The van der Waals surface area contributed by atoms with Crippen LogP contribution in [0.1, 0.15) is 44.0 Å². The number of nitrogens with zero attached hydrogens (tertiary/aromatic N) is 1. The molecule has 1 unspecified atom stereocenters. The van der Waals surface area contributed by atoms with Gasteiger partial charge in [0.05, 0.1) is 12.8 Å². The lowest BCUT2D eigenvalue weighted by atomic mass is 9.94. The highest BCUT2D eigenvalue weighted by atomic mass is 19.1. The molecule has 0 saturated carbocycles. The zero-order chi connectivity index (χ0) is 23.5. The van der Waals surface area contributed by atoms with Crippen LogP contribution in [0.4, 0.5) is 15.8 Å². The third-order valence-electron chi connectivity index (χ3n) is 5.26. The Bertz CT molecular complexity index is 1030. The van der Waals surface area contributed by atoms with E-state index >= 15 is 0 Å². The highest BCUT2D eigenvalue weighted by Crippen LogP contribution is 2.30. The van der Waals surface area contributed by atoms with Crippen LogP contribution < -0.4 is 15.4 Å². The third-order valence-corrected chi connectivity index (χ3v) is 5.26. The first-order chi connectivity index (χ1) is 15.1. The first-order valence-electron chi connectivity index (χ1n) is 10.5. The lowest BCUT2D eigenvalue weighted by molar-refractivity contribution is -0.143. The van der Waals surface area contributed by atoms with Crippen molar-refractivity contribution in [2.24, 2.45) is 5.41 Å². The minimum atomic E-state index is -0.572. The lowest BCUT2D eigenvalue weighted by Crippen LogP contribution is -2.47. The van der Waals surface area contributed by atoms with Gasteiger partial charge < -0.3 is 20.3 Å². The summed E-state index contributed by atoms with van der Waals surface area (Å²) in [6, 6.07) is 9.62. The molecule has 170 valence electrons. The van der Waals surface area contributed by atoms with E-state index in [0.29, 0.717) is 30.1 Å². The molecule has 0 aliphatic carbocycles. The van der Waals surface area contributed by atoms with Crippen molar-refractivity contribution in [1.29, 1.82) is 0 Å². The largest absolute Gasteiger partial charge is 0.495 e. The highest BCUT2D eigenvalue weighted by molar-refractivity contribution is 6.06. The van der Waals surface area contributed by atoms with Crippen molar-refractivity contribution in [2.45, 2.75) is 39.7 Å². The molecule has 0 bridgehead atoms. The molecule has 2 aromatic rings. The van der Waals surface area contributed by atoms with Crippen LogP contribution in [0.3, 0.4) is 0 Å². The van der Waals surface area contributed by atoms with Gasteiger partial charge in [0.1, 0.15) is 17.6 Å². The van der Waals surface area contributed by atoms with E-state index in [0.717, 1.165) is 12.5 Å². The molecule has 1 fully saturated rings. The summed E-state index contributed by atoms with van der Waals surface area (Å²) in [7, 11) is 1.46. The lowest BCUT2D eigenvalue weighted by Gasteiger charge is -2.30. The minimum absolute atomic E-state index is 0.0621. The predicted octanol–water partition coefficient (Wildman–Crippen LogP) is 4.06. The predicted molar refractivity (Wildman–Crippen MR) is 120 cm³/mol. The van der Waals surface area contributed by atoms with Crippen LogP contribution in [0.25, 0.3) is 0 Å². The Morgan fingerprint density at radius 3 is 2.50 bits per heavy atom. The van der Waals surface area contributed by atoms with Crippen molar-refractivity contribution in [1.82, 2.24) is 4.90 Å². The summed E-state index contributed by atoms with van der Waals surface area (Å²) in [5, 5.41) is 5.52. The van der Waals surface area contributed by atoms with E-state index in [2.05, 4.69) is 10.6 Å². The van der Waals surface area contributed by atoms with E-state index in [1.54, 1.807) is 23.1 Å². The van der Waals surface area contributed by atoms with Gasteiger partial charge in [-0.25, -0.2) is 4.39 Å². The summed E-state index contributed by atoms with van der Waals surface area (Å²) in [5.41, 5.74) is 0.356. The van der Waals surface area contributed by atoms with Crippen LogP contribution in [-0.2, 0) is 9.59 Å². The number of likely N-dealkylation sites (tertiary alicyclic amines) is 1. The second-order valence-electron chi connectivity index (χ2n) is 8.78. The average Bonchev–Trinajstić information content (AvgIpc) is 3.22. The summed E-state index contributed by atoms with van der Waals surface area (Å²) in [4.78, 5) is 39.8. The molecule has 0 radical (unpaired) electrons. The summed E-state index contributed by atoms with van der Waals surface area (Å²) >= 11 is 0. The van der Waals surface area contributed by atoms with Gasteiger partial charge in [0.15, 0.2) is 0 Å². The van der Waals surface area contributed by atoms with E-state index in [1.165, 1.54) is 25.3 Å². The molecule has 8 heteroatoms. The van der Waals surface area contributed by atoms with Crippen molar-refractivity contribution in [3.05, 3.63) is 53.8 Å². The average molecular weight is 442 g/mol. The molecule has 1 aliphatic rings. The van der Waals surface area contributed by atoms with E-state index in [-0.39, 0.29) is 17.4 Å². The molecule has 3 amide bonds. The van der Waals surface area contributed by atoms with Gasteiger partial charge in [-0.3, -0.25) is 14.4 Å². The van der Waals surface area contributed by atoms with E-state index in [9.17, 15) is 18.8 Å². The minimum Gasteiger partial charge on any atom is -0.495 e. The molecule has 2 N–H and O–H groups in total. The summed E-state index contributed by atoms with van der Waals surface area (Å²) < 4.78 is 18.7. The number of ether oxygens (including phenoxy) is 1. The number of hydrogen-bond acceptors (Lipinski definition) is 4. The third kappa shape index (κ3) is 5.25. The van der Waals surface area contributed by atoms with Gasteiger partial charge >= 0.3 is 0 Å². The molecule has 32 heavy (non-hydrogen) atoms. The molecule has 2 aromatic carbocycles. The van der Waals surface area contributed by atoms with Crippen LogP contribution in [0, 0.1) is 11.2 Å². The van der Waals surface area contributed by atoms with Crippen molar-refractivity contribution in [3.8, 4) is 5.75 Å². The Hall–Kier alpha value is -3.42. The Morgan fingerprint density at radius 2 is 1.84 bits per heavy atom. The number of hydrogen-bond donors (Lipinski definition) is 2. The van der Waals surface area contributed by atoms with Gasteiger partial charge in [-0.1, -0.05) is 26.8 Å². The SMILES string of the molecule is COc1ccc(NC(=O)C2CCCN2C(=O)C(C)(C)C)cc1NC(=O)c1cccc(F)c1. The summed E-state index contributed by atoms with van der Waals surface area (Å²) in [6.07, 6.45) is 1.35. The molecule has 3 rings (SSSR count). The van der Waals surface area contributed by atoms with Crippen molar-refractivity contribution < 1.29 is 23.5 Å². The quantitative estimate of drug-likeness (QED) is 0.733. The number of carbonyl (C=O) groups excluding carboxylic acids is 3. The monoisotopic (exact) mass is 441 g/mol. The fourth-order valence-corrected chi connectivity index (χ4v) is 3.65. The first-order valence-corrected chi connectivity index (χ1v) is 10.5. The maximum atomic E-state index is 13.4. The normalized spacial score (nSPS) is 15.9. The molecule has 0 spiro atoms. The van der Waals surface area contributed by atoms with E-state index < -0.39 is 23.2 Å². The van der Waals surface area contributed by atoms with Crippen molar-refractivity contribution in [3.63, 3.8) is 0 Å². The molecule has 1 aliphatic heterocycles. The van der Waals surface area contributed by atoms with Gasteiger partial charge in [0.25, 0.3) is 5.91 Å². The Morgan fingerprint density at radius 1 is 1.09 bits per heavy atom.